The van der Waals surface area contributed by atoms with Gasteiger partial charge in [-0.3, -0.25) is 0 Å². The van der Waals surface area contributed by atoms with Crippen LogP contribution in [0.25, 0.3) is 0 Å². The van der Waals surface area contributed by atoms with E-state index in [2.05, 4.69) is 50.5 Å². The van der Waals surface area contributed by atoms with Crippen molar-refractivity contribution in [3.8, 4) is 0 Å². The summed E-state index contributed by atoms with van der Waals surface area (Å²) in [6.45, 7) is 11.7. The summed E-state index contributed by atoms with van der Waals surface area (Å²) in [6.07, 6.45) is 17.3. The fraction of sp³-hybridized carbons (Fsp3) is 0.176. The van der Waals surface area contributed by atoms with Gasteiger partial charge in [-0.1, -0.05) is 61.8 Å². The van der Waals surface area contributed by atoms with Gasteiger partial charge in [-0.25, -0.2) is 0 Å². The zero-order chi connectivity index (χ0) is 12.7. The van der Waals surface area contributed by atoms with Crippen molar-refractivity contribution in [3.63, 3.8) is 0 Å². The molecule has 0 atom stereocenters. The molecule has 0 heterocycles. The van der Waals surface area contributed by atoms with Gasteiger partial charge in [-0.15, -0.1) is 0 Å². The average Bonchev–Trinajstić information content (AvgIpc) is 2.66. The molecule has 0 unspecified atom stereocenters. The summed E-state index contributed by atoms with van der Waals surface area (Å²) in [5.41, 5.74) is 5.22. The zero-order valence-electron chi connectivity index (χ0n) is 10.7. The van der Waals surface area contributed by atoms with E-state index in [4.69, 9.17) is 0 Å². The summed E-state index contributed by atoms with van der Waals surface area (Å²) in [5.74, 6) is 0. The third-order valence-electron chi connectivity index (χ3n) is 2.77. The Hall–Kier alpha value is -1.82. The number of rotatable bonds is 3. The first kappa shape index (κ1) is 13.2. The number of hydrogen-bond donors (Lipinski definition) is 0. The van der Waals surface area contributed by atoms with Crippen molar-refractivity contribution in [1.29, 1.82) is 0 Å². The molecule has 17 heavy (non-hydrogen) atoms. The van der Waals surface area contributed by atoms with Crippen LogP contribution in [0.5, 0.6) is 0 Å². The molecule has 0 aliphatic heterocycles. The third-order valence-corrected chi connectivity index (χ3v) is 2.77. The summed E-state index contributed by atoms with van der Waals surface area (Å²) in [7, 11) is 0. The lowest BCUT2D eigenvalue weighted by Crippen LogP contribution is -1.82. The van der Waals surface area contributed by atoms with Gasteiger partial charge in [0.1, 0.15) is 0 Å². The van der Waals surface area contributed by atoms with E-state index in [9.17, 15) is 0 Å². The van der Waals surface area contributed by atoms with E-state index in [1.807, 2.05) is 25.2 Å². The molecule has 1 aliphatic carbocycles. The van der Waals surface area contributed by atoms with Gasteiger partial charge in [-0.2, -0.15) is 0 Å². The van der Waals surface area contributed by atoms with E-state index < -0.39 is 0 Å². The van der Waals surface area contributed by atoms with Gasteiger partial charge < -0.3 is 0 Å². The number of hydrogen-bond acceptors (Lipinski definition) is 0. The molecule has 1 fully saturated rings. The molecule has 0 aromatic rings. The van der Waals surface area contributed by atoms with Gasteiger partial charge in [0.2, 0.25) is 0 Å². The third kappa shape index (κ3) is 3.07. The molecule has 0 bridgehead atoms. The zero-order valence-corrected chi connectivity index (χ0v) is 10.7. The Kier molecular flexibility index (Phi) is 5.22. The van der Waals surface area contributed by atoms with Crippen LogP contribution in [0.2, 0.25) is 0 Å². The van der Waals surface area contributed by atoms with Gasteiger partial charge in [0.05, 0.1) is 0 Å². The normalized spacial score (nSPS) is 25.5. The first-order valence-electron chi connectivity index (χ1n) is 5.92. The Labute approximate surface area is 105 Å². The van der Waals surface area contributed by atoms with Gasteiger partial charge in [0, 0.05) is 0 Å². The van der Waals surface area contributed by atoms with E-state index >= 15 is 0 Å². The topological polar surface area (TPSA) is 0 Å². The number of allylic oxidation sites excluding steroid dienone is 12. The van der Waals surface area contributed by atoms with Crippen molar-refractivity contribution in [2.75, 3.05) is 0 Å². The van der Waals surface area contributed by atoms with E-state index in [1.54, 1.807) is 0 Å². The highest BCUT2D eigenvalue weighted by Crippen LogP contribution is 2.40. The van der Waals surface area contributed by atoms with Crippen LogP contribution in [0.1, 0.15) is 20.3 Å². The van der Waals surface area contributed by atoms with Crippen molar-refractivity contribution >= 4 is 0 Å². The predicted octanol–water partition coefficient (Wildman–Crippen LogP) is 5.06. The van der Waals surface area contributed by atoms with Crippen LogP contribution in [-0.4, -0.2) is 0 Å². The maximum absolute atomic E-state index is 3.79. The van der Waals surface area contributed by atoms with Crippen LogP contribution in [0.15, 0.2) is 84.1 Å². The summed E-state index contributed by atoms with van der Waals surface area (Å²) >= 11 is 0. The van der Waals surface area contributed by atoms with Gasteiger partial charge in [-0.05, 0) is 42.6 Å². The first-order chi connectivity index (χ1) is 8.28. The van der Waals surface area contributed by atoms with E-state index in [0.717, 1.165) is 6.42 Å². The molecule has 1 aliphatic rings. The highest BCUT2D eigenvalue weighted by Gasteiger charge is 2.21. The molecule has 0 nitrogen and oxygen atoms in total. The lowest BCUT2D eigenvalue weighted by Gasteiger charge is -2.01. The van der Waals surface area contributed by atoms with Crippen LogP contribution in [0.3, 0.4) is 0 Å². The highest BCUT2D eigenvalue weighted by atomic mass is 14.3. The van der Waals surface area contributed by atoms with Crippen LogP contribution in [-0.2, 0) is 0 Å². The molecule has 0 aromatic heterocycles. The molecule has 1 saturated carbocycles. The second-order valence-electron chi connectivity index (χ2n) is 3.84. The van der Waals surface area contributed by atoms with Gasteiger partial charge >= 0.3 is 0 Å². The van der Waals surface area contributed by atoms with Crippen molar-refractivity contribution in [1.82, 2.24) is 0 Å². The van der Waals surface area contributed by atoms with Crippen LogP contribution >= 0.6 is 0 Å². The molecule has 0 heteroatoms. The van der Waals surface area contributed by atoms with Crippen molar-refractivity contribution in [2.45, 2.75) is 20.3 Å². The fourth-order valence-corrected chi connectivity index (χ4v) is 1.99. The highest BCUT2D eigenvalue weighted by molar-refractivity contribution is 5.66. The Balaban J connectivity index is 3.32. The van der Waals surface area contributed by atoms with Crippen molar-refractivity contribution < 1.29 is 0 Å². The quantitative estimate of drug-likeness (QED) is 0.628. The molecule has 0 radical (unpaired) electrons. The van der Waals surface area contributed by atoms with Gasteiger partial charge in [0.15, 0.2) is 0 Å². The van der Waals surface area contributed by atoms with E-state index in [0.29, 0.717) is 0 Å². The SMILES string of the molecule is C=C/C=C1CC(=C/C)/C(=C/C=C\C)C/1=C/C=C. The van der Waals surface area contributed by atoms with Crippen LogP contribution < -0.4 is 0 Å². The van der Waals surface area contributed by atoms with Crippen LogP contribution in [0, 0.1) is 0 Å². The monoisotopic (exact) mass is 224 g/mol. The van der Waals surface area contributed by atoms with Crippen LogP contribution in [0.4, 0.5) is 0 Å². The summed E-state index contributed by atoms with van der Waals surface area (Å²) < 4.78 is 0. The minimum absolute atomic E-state index is 0.978. The molecule has 1 rings (SSSR count). The largest absolute Gasteiger partial charge is 0.0991 e. The lowest BCUT2D eigenvalue weighted by atomic mass is 10.0. The second kappa shape index (κ2) is 6.70. The summed E-state index contributed by atoms with van der Waals surface area (Å²) in [5, 5.41) is 0. The molecule has 88 valence electrons. The predicted molar refractivity (Wildman–Crippen MR) is 77.8 cm³/mol. The Morgan fingerprint density at radius 1 is 0.882 bits per heavy atom. The smallest absolute Gasteiger partial charge is 0.00167 e. The van der Waals surface area contributed by atoms with E-state index in [-0.39, 0.29) is 0 Å². The molecule has 0 N–H and O–H groups in total. The molecule has 0 aromatic carbocycles. The van der Waals surface area contributed by atoms with E-state index in [1.165, 1.54) is 22.3 Å². The standard InChI is InChI=1S/C17H20/c1-5-9-12-17-14(8-4)13-15(10-6-2)16(17)11-7-3/h5-12H,2-3,13H2,1,4H3/b9-5-,14-8-,15-10-,16-11+,17-12-. The average molecular weight is 224 g/mol. The van der Waals surface area contributed by atoms with Crippen molar-refractivity contribution in [2.24, 2.45) is 0 Å². The molecule has 0 amide bonds. The minimum Gasteiger partial charge on any atom is -0.0991 e. The summed E-state index contributed by atoms with van der Waals surface area (Å²) in [6, 6.07) is 0. The van der Waals surface area contributed by atoms with Crippen molar-refractivity contribution in [3.05, 3.63) is 84.1 Å². The molecular weight excluding hydrogens is 204 g/mol. The first-order valence-corrected chi connectivity index (χ1v) is 5.92. The minimum atomic E-state index is 0.978. The molecular formula is C17H20. The Morgan fingerprint density at radius 3 is 2.06 bits per heavy atom. The summed E-state index contributed by atoms with van der Waals surface area (Å²) in [4.78, 5) is 0. The maximum Gasteiger partial charge on any atom is -0.00167 e. The fourth-order valence-electron chi connectivity index (χ4n) is 1.99. The van der Waals surface area contributed by atoms with Gasteiger partial charge in [0.25, 0.3) is 0 Å². The lowest BCUT2D eigenvalue weighted by molar-refractivity contribution is 1.26. The Bertz CT molecular complexity index is 448. The Morgan fingerprint density at radius 2 is 1.53 bits per heavy atom. The maximum atomic E-state index is 3.79. The molecule has 0 saturated heterocycles. The molecule has 0 spiro atoms. The second-order valence-corrected chi connectivity index (χ2v) is 3.84.